The van der Waals surface area contributed by atoms with Crippen molar-refractivity contribution < 1.29 is 0 Å². The van der Waals surface area contributed by atoms with Crippen molar-refractivity contribution in [3.63, 3.8) is 0 Å². The lowest BCUT2D eigenvalue weighted by Crippen LogP contribution is -2.26. The number of hydrogen-bond acceptors (Lipinski definition) is 20. The third-order valence-corrected chi connectivity index (χ3v) is 9.99. The highest BCUT2D eigenvalue weighted by molar-refractivity contribution is 5.98. The van der Waals surface area contributed by atoms with Crippen LogP contribution in [0.4, 0.5) is 47.6 Å². The minimum atomic E-state index is -0.869. The molecule has 1 spiro atoms. The lowest BCUT2D eigenvalue weighted by Gasteiger charge is -2.30. The van der Waals surface area contributed by atoms with Crippen LogP contribution in [0, 0.1) is 0 Å². The molecule has 276 valence electrons. The van der Waals surface area contributed by atoms with Crippen molar-refractivity contribution in [1.29, 1.82) is 0 Å². The molecule has 0 aliphatic heterocycles. The van der Waals surface area contributed by atoms with E-state index in [-0.39, 0.29) is 47.6 Å². The van der Waals surface area contributed by atoms with E-state index in [4.69, 9.17) is 45.9 Å². The Morgan fingerprint density at radius 2 is 0.456 bits per heavy atom. The predicted molar refractivity (Wildman–Crippen MR) is 213 cm³/mol. The summed E-state index contributed by atoms with van der Waals surface area (Å²) in [5.41, 5.74) is 57.2. The molecule has 0 saturated heterocycles. The average Bonchev–Trinajstić information content (AvgIpc) is 3.62. The second-order valence-electron chi connectivity index (χ2n) is 13.3. The van der Waals surface area contributed by atoms with Gasteiger partial charge in [0.25, 0.3) is 0 Å². The maximum absolute atomic E-state index is 6.00. The molecule has 0 fully saturated rings. The van der Waals surface area contributed by atoms with Gasteiger partial charge < -0.3 is 45.9 Å². The van der Waals surface area contributed by atoms with E-state index >= 15 is 0 Å². The van der Waals surface area contributed by atoms with Crippen LogP contribution in [-0.4, -0.2) is 59.8 Å². The lowest BCUT2D eigenvalue weighted by atomic mass is 9.70. The van der Waals surface area contributed by atoms with Crippen molar-refractivity contribution in [2.24, 2.45) is 0 Å². The Bertz CT molecular complexity index is 2550. The van der Waals surface area contributed by atoms with Crippen molar-refractivity contribution in [3.8, 4) is 67.8 Å². The molecule has 2 aliphatic carbocycles. The molecule has 0 bridgehead atoms. The molecule has 16 N–H and O–H groups in total. The van der Waals surface area contributed by atoms with Crippen molar-refractivity contribution in [3.05, 3.63) is 95.1 Å². The number of aromatic nitrogens is 12. The lowest BCUT2D eigenvalue weighted by molar-refractivity contribution is 0.794. The van der Waals surface area contributed by atoms with E-state index in [1.807, 2.05) is 48.5 Å². The highest BCUT2D eigenvalue weighted by Crippen LogP contribution is 2.64. The highest BCUT2D eigenvalue weighted by Gasteiger charge is 2.52. The van der Waals surface area contributed by atoms with E-state index in [0.717, 1.165) is 44.5 Å². The molecule has 0 amide bonds. The number of hydrogen-bond donors (Lipinski definition) is 8. The molecular weight excluding hydrogens is 725 g/mol. The van der Waals surface area contributed by atoms with Crippen LogP contribution in [0.25, 0.3) is 67.8 Å². The predicted octanol–water partition coefficient (Wildman–Crippen LogP) is 2.10. The van der Waals surface area contributed by atoms with Crippen LogP contribution in [0.15, 0.2) is 72.8 Å². The van der Waals surface area contributed by atoms with Crippen molar-refractivity contribution in [2.75, 3.05) is 45.9 Å². The Balaban J connectivity index is 1.28. The molecule has 0 saturated carbocycles. The molecule has 0 radical (unpaired) electrons. The Morgan fingerprint density at radius 3 is 0.649 bits per heavy atom. The number of nitrogen functional groups attached to an aromatic ring is 8. The number of rotatable bonds is 4. The summed E-state index contributed by atoms with van der Waals surface area (Å²) in [6, 6.07) is 24.0. The van der Waals surface area contributed by atoms with Crippen LogP contribution in [0.1, 0.15) is 22.3 Å². The maximum atomic E-state index is 6.00. The summed E-state index contributed by atoms with van der Waals surface area (Å²) >= 11 is 0. The van der Waals surface area contributed by atoms with Crippen LogP contribution in [0.2, 0.25) is 0 Å². The normalized spacial score (nSPS) is 12.9. The molecule has 0 unspecified atom stereocenters. The van der Waals surface area contributed by atoms with Gasteiger partial charge in [-0.15, -0.1) is 0 Å². The molecule has 10 rings (SSSR count). The van der Waals surface area contributed by atoms with E-state index in [9.17, 15) is 0 Å². The first-order valence-corrected chi connectivity index (χ1v) is 17.1. The van der Waals surface area contributed by atoms with E-state index < -0.39 is 5.41 Å². The zero-order chi connectivity index (χ0) is 39.3. The minimum absolute atomic E-state index is 0.00389. The van der Waals surface area contributed by atoms with Crippen LogP contribution in [0.5, 0.6) is 0 Å². The Kier molecular flexibility index (Phi) is 6.74. The number of benzene rings is 4. The number of fused-ring (bicyclic) bond motifs is 10. The molecule has 4 heterocycles. The summed E-state index contributed by atoms with van der Waals surface area (Å²) in [5, 5.41) is 0. The van der Waals surface area contributed by atoms with Crippen molar-refractivity contribution in [1.82, 2.24) is 59.8 Å². The standard InChI is InChI=1S/C37H28N20/c38-29-46-25(47-30(39)54-29)13-1-5-21-17(9-13)18-10-14(26-48-31(40)55-32(41)49-26)2-6-22(18)37(21)23-7-3-15(27-50-33(42)56-34(43)51-27)11-19(23)20-12-16(4-8-24(20)37)28-52-35(44)57-36(45)53-28/h1-12H,(H4,38,39,46,47,54)(H4,40,41,48,49,55)(H4,42,43,50,51,56)(H4,44,45,52,53,57). The van der Waals surface area contributed by atoms with Crippen LogP contribution >= 0.6 is 0 Å². The van der Waals surface area contributed by atoms with Gasteiger partial charge in [0, 0.05) is 22.3 Å². The summed E-state index contributed by atoms with van der Waals surface area (Å²) in [6.07, 6.45) is 0. The number of nitrogens with two attached hydrogens (primary N) is 8. The Morgan fingerprint density at radius 1 is 0.263 bits per heavy atom. The van der Waals surface area contributed by atoms with Gasteiger partial charge in [0.15, 0.2) is 23.3 Å². The number of anilines is 8. The Hall–Kier alpha value is -8.68. The summed E-state index contributed by atoms with van der Waals surface area (Å²) < 4.78 is 0. The fourth-order valence-electron chi connectivity index (χ4n) is 7.96. The fraction of sp³-hybridized carbons (Fsp3) is 0.0270. The first-order chi connectivity index (χ1) is 27.4. The minimum Gasteiger partial charge on any atom is -0.368 e. The molecular formula is C37H28N20. The summed E-state index contributed by atoms with van der Waals surface area (Å²) in [7, 11) is 0. The smallest absolute Gasteiger partial charge is 0.225 e. The van der Waals surface area contributed by atoms with Gasteiger partial charge in [0.2, 0.25) is 47.6 Å². The van der Waals surface area contributed by atoms with Gasteiger partial charge in [0.05, 0.1) is 5.41 Å². The zero-order valence-corrected chi connectivity index (χ0v) is 29.4. The fourth-order valence-corrected chi connectivity index (χ4v) is 7.96. The first kappa shape index (κ1) is 32.9. The largest absolute Gasteiger partial charge is 0.368 e. The quantitative estimate of drug-likeness (QED) is 0.127. The third-order valence-electron chi connectivity index (χ3n) is 9.99. The van der Waals surface area contributed by atoms with Crippen LogP contribution in [-0.2, 0) is 5.41 Å². The summed E-state index contributed by atoms with van der Waals surface area (Å²) in [6.45, 7) is 0. The monoisotopic (exact) mass is 752 g/mol. The van der Waals surface area contributed by atoms with Crippen LogP contribution < -0.4 is 45.9 Å². The molecule has 4 aromatic carbocycles. The third kappa shape index (κ3) is 5.01. The number of nitrogens with zero attached hydrogens (tertiary/aromatic N) is 12. The van der Waals surface area contributed by atoms with E-state index in [0.29, 0.717) is 45.6 Å². The molecule has 20 heteroatoms. The van der Waals surface area contributed by atoms with E-state index in [1.165, 1.54) is 0 Å². The van der Waals surface area contributed by atoms with Gasteiger partial charge in [-0.25, -0.2) is 0 Å². The molecule has 57 heavy (non-hydrogen) atoms. The summed E-state index contributed by atoms with van der Waals surface area (Å²) in [5.74, 6) is 1.22. The van der Waals surface area contributed by atoms with Gasteiger partial charge in [-0.2, -0.15) is 59.8 Å². The van der Waals surface area contributed by atoms with E-state index in [1.54, 1.807) is 0 Å². The van der Waals surface area contributed by atoms with Gasteiger partial charge in [-0.05, 0) is 68.8 Å². The molecule has 0 atom stereocenters. The molecule has 20 nitrogen and oxygen atoms in total. The SMILES string of the molecule is Nc1nc(N)nc(-c2ccc3c(c2)-c2cc(-c4nc(N)nc(N)n4)ccc2C32c3ccc(-c4nc(N)nc(N)n4)cc3-c3cc(-c4nc(N)nc(N)n4)ccc32)n1. The van der Waals surface area contributed by atoms with Crippen molar-refractivity contribution >= 4 is 47.6 Å². The van der Waals surface area contributed by atoms with E-state index in [2.05, 4.69) is 84.1 Å². The first-order valence-electron chi connectivity index (χ1n) is 17.1. The van der Waals surface area contributed by atoms with Gasteiger partial charge >= 0.3 is 0 Å². The maximum Gasteiger partial charge on any atom is 0.225 e. The van der Waals surface area contributed by atoms with Gasteiger partial charge in [-0.1, -0.05) is 48.5 Å². The topological polar surface area (TPSA) is 363 Å². The van der Waals surface area contributed by atoms with Crippen molar-refractivity contribution in [2.45, 2.75) is 5.41 Å². The second kappa shape index (κ2) is 11.7. The highest BCUT2D eigenvalue weighted by atomic mass is 15.2. The molecule has 8 aromatic rings. The zero-order valence-electron chi connectivity index (χ0n) is 29.4. The Labute approximate surface area is 321 Å². The molecule has 2 aliphatic rings. The van der Waals surface area contributed by atoms with Gasteiger partial charge in [0.1, 0.15) is 0 Å². The average molecular weight is 753 g/mol. The van der Waals surface area contributed by atoms with Crippen LogP contribution in [0.3, 0.4) is 0 Å². The van der Waals surface area contributed by atoms with Gasteiger partial charge in [-0.3, -0.25) is 0 Å². The second-order valence-corrected chi connectivity index (χ2v) is 13.3. The summed E-state index contributed by atoms with van der Waals surface area (Å²) in [4.78, 5) is 50.9. The molecule has 4 aromatic heterocycles.